The Morgan fingerprint density at radius 1 is 1.21 bits per heavy atom. The average Bonchev–Trinajstić information content (AvgIpc) is 3.16. The predicted octanol–water partition coefficient (Wildman–Crippen LogP) is 2.92. The number of nitrogens with one attached hydrogen (secondary N) is 1. The minimum atomic E-state index is 0.0720. The molecule has 1 N–H and O–H groups in total. The van der Waals surface area contributed by atoms with Gasteiger partial charge in [-0.25, -0.2) is 4.99 Å². The number of piperazine rings is 1. The van der Waals surface area contributed by atoms with Crippen molar-refractivity contribution in [1.82, 2.24) is 20.3 Å². The number of ether oxygens (including phenoxy) is 1. The SMILES string of the molecule is CCNC(=NCC(CC)Oc1ccccc1)N1CCN(Cc2cc(C)on2)CC1. The van der Waals surface area contributed by atoms with Crippen LogP contribution in [0.2, 0.25) is 0 Å². The second-order valence-corrected chi connectivity index (χ2v) is 7.35. The van der Waals surface area contributed by atoms with Crippen LogP contribution in [0.15, 0.2) is 45.9 Å². The molecule has 0 bridgehead atoms. The highest BCUT2D eigenvalue weighted by Gasteiger charge is 2.21. The molecule has 0 saturated carbocycles. The first-order valence-corrected chi connectivity index (χ1v) is 10.6. The molecule has 2 heterocycles. The van der Waals surface area contributed by atoms with Crippen LogP contribution in [-0.2, 0) is 6.54 Å². The summed E-state index contributed by atoms with van der Waals surface area (Å²) in [6.45, 7) is 12.4. The van der Waals surface area contributed by atoms with Crippen molar-refractivity contribution in [1.29, 1.82) is 0 Å². The Bertz CT molecular complexity index is 754. The molecule has 0 radical (unpaired) electrons. The Balaban J connectivity index is 1.53. The van der Waals surface area contributed by atoms with Gasteiger partial charge in [0.2, 0.25) is 0 Å². The Morgan fingerprint density at radius 3 is 2.59 bits per heavy atom. The highest BCUT2D eigenvalue weighted by atomic mass is 16.5. The van der Waals surface area contributed by atoms with Crippen LogP contribution in [0.4, 0.5) is 0 Å². The Kier molecular flexibility index (Phi) is 7.93. The highest BCUT2D eigenvalue weighted by Crippen LogP contribution is 2.13. The number of aromatic nitrogens is 1. The van der Waals surface area contributed by atoms with E-state index in [1.165, 1.54) is 0 Å². The van der Waals surface area contributed by atoms with Crippen molar-refractivity contribution < 1.29 is 9.26 Å². The van der Waals surface area contributed by atoms with Crippen LogP contribution in [0.3, 0.4) is 0 Å². The fourth-order valence-electron chi connectivity index (χ4n) is 3.39. The van der Waals surface area contributed by atoms with E-state index in [0.717, 1.165) is 68.9 Å². The monoisotopic (exact) mass is 399 g/mol. The summed E-state index contributed by atoms with van der Waals surface area (Å²) in [7, 11) is 0. The van der Waals surface area contributed by atoms with Crippen LogP contribution in [0.25, 0.3) is 0 Å². The molecule has 1 aromatic heterocycles. The minimum absolute atomic E-state index is 0.0720. The number of aryl methyl sites for hydroxylation is 1. The highest BCUT2D eigenvalue weighted by molar-refractivity contribution is 5.80. The lowest BCUT2D eigenvalue weighted by atomic mass is 10.2. The van der Waals surface area contributed by atoms with Crippen LogP contribution in [0.1, 0.15) is 31.7 Å². The number of guanidine groups is 1. The Hall–Kier alpha value is -2.54. The van der Waals surface area contributed by atoms with Crippen molar-refractivity contribution in [2.24, 2.45) is 4.99 Å². The van der Waals surface area contributed by atoms with E-state index >= 15 is 0 Å². The summed E-state index contributed by atoms with van der Waals surface area (Å²) >= 11 is 0. The number of hydrogen-bond acceptors (Lipinski definition) is 5. The maximum atomic E-state index is 6.09. The van der Waals surface area contributed by atoms with E-state index in [4.69, 9.17) is 14.3 Å². The van der Waals surface area contributed by atoms with E-state index in [9.17, 15) is 0 Å². The van der Waals surface area contributed by atoms with Gasteiger partial charge in [-0.15, -0.1) is 0 Å². The molecule has 1 fully saturated rings. The third kappa shape index (κ3) is 6.49. The molecule has 1 aliphatic rings. The van der Waals surface area contributed by atoms with Gasteiger partial charge >= 0.3 is 0 Å². The third-order valence-corrected chi connectivity index (χ3v) is 5.02. The van der Waals surface area contributed by atoms with Crippen LogP contribution in [0.5, 0.6) is 5.75 Å². The molecule has 0 aliphatic carbocycles. The molecule has 158 valence electrons. The van der Waals surface area contributed by atoms with Gasteiger partial charge in [0.25, 0.3) is 0 Å². The van der Waals surface area contributed by atoms with Gasteiger partial charge in [-0.05, 0) is 32.4 Å². The number of hydrogen-bond donors (Lipinski definition) is 1. The first-order valence-electron chi connectivity index (χ1n) is 10.6. The summed E-state index contributed by atoms with van der Waals surface area (Å²) in [4.78, 5) is 9.62. The normalized spacial score (nSPS) is 16.7. The molecule has 0 spiro atoms. The molecule has 7 nitrogen and oxygen atoms in total. The number of rotatable bonds is 8. The second-order valence-electron chi connectivity index (χ2n) is 7.35. The molecule has 1 saturated heterocycles. The molecule has 1 unspecified atom stereocenters. The van der Waals surface area contributed by atoms with Gasteiger partial charge in [0.05, 0.1) is 12.2 Å². The maximum absolute atomic E-state index is 6.09. The summed E-state index contributed by atoms with van der Waals surface area (Å²) in [5, 5.41) is 7.54. The standard InChI is InChI=1S/C22H33N5O2/c1-4-20(28-21-9-7-6-8-10-21)16-24-22(23-5-2)27-13-11-26(12-14-27)17-19-15-18(3)29-25-19/h6-10,15,20H,4-5,11-14,16-17H2,1-3H3,(H,23,24). The van der Waals surface area contributed by atoms with E-state index < -0.39 is 0 Å². The van der Waals surface area contributed by atoms with Gasteiger partial charge < -0.3 is 19.5 Å². The lowest BCUT2D eigenvalue weighted by molar-refractivity contribution is 0.167. The van der Waals surface area contributed by atoms with Crippen LogP contribution in [0, 0.1) is 6.92 Å². The average molecular weight is 400 g/mol. The number of nitrogens with zero attached hydrogens (tertiary/aromatic N) is 4. The van der Waals surface area contributed by atoms with E-state index in [2.05, 4.69) is 34.1 Å². The molecule has 2 aromatic rings. The fourth-order valence-corrected chi connectivity index (χ4v) is 3.39. The molecule has 1 atom stereocenters. The van der Waals surface area contributed by atoms with Crippen LogP contribution < -0.4 is 10.1 Å². The molecule has 0 amide bonds. The fraction of sp³-hybridized carbons (Fsp3) is 0.545. The van der Waals surface area contributed by atoms with Crippen molar-refractivity contribution in [3.05, 3.63) is 47.9 Å². The zero-order chi connectivity index (χ0) is 20.5. The maximum Gasteiger partial charge on any atom is 0.194 e. The summed E-state index contributed by atoms with van der Waals surface area (Å²) in [5.74, 6) is 2.74. The largest absolute Gasteiger partial charge is 0.489 e. The van der Waals surface area contributed by atoms with E-state index in [-0.39, 0.29) is 6.10 Å². The minimum Gasteiger partial charge on any atom is -0.489 e. The molecular weight excluding hydrogens is 366 g/mol. The molecule has 1 aliphatic heterocycles. The smallest absolute Gasteiger partial charge is 0.194 e. The number of para-hydroxylation sites is 1. The van der Waals surface area contributed by atoms with Crippen LogP contribution >= 0.6 is 0 Å². The molecular formula is C22H33N5O2. The van der Waals surface area contributed by atoms with E-state index in [1.807, 2.05) is 43.3 Å². The zero-order valence-corrected chi connectivity index (χ0v) is 17.8. The van der Waals surface area contributed by atoms with Gasteiger partial charge in [0, 0.05) is 45.3 Å². The van der Waals surface area contributed by atoms with Gasteiger partial charge in [0.15, 0.2) is 5.96 Å². The van der Waals surface area contributed by atoms with Crippen molar-refractivity contribution in [3.8, 4) is 5.75 Å². The number of aliphatic imine (C=N–C) groups is 1. The quantitative estimate of drug-likeness (QED) is 0.544. The van der Waals surface area contributed by atoms with Gasteiger partial charge in [-0.1, -0.05) is 30.3 Å². The van der Waals surface area contributed by atoms with Crippen molar-refractivity contribution in [3.63, 3.8) is 0 Å². The van der Waals surface area contributed by atoms with Gasteiger partial charge in [0.1, 0.15) is 17.6 Å². The van der Waals surface area contributed by atoms with Crippen molar-refractivity contribution in [2.75, 3.05) is 39.3 Å². The molecule has 7 heteroatoms. The Morgan fingerprint density at radius 2 is 1.97 bits per heavy atom. The second kappa shape index (κ2) is 10.9. The topological polar surface area (TPSA) is 66.1 Å². The van der Waals surface area contributed by atoms with E-state index in [1.54, 1.807) is 0 Å². The molecule has 3 rings (SSSR count). The Labute approximate surface area is 173 Å². The van der Waals surface area contributed by atoms with Gasteiger partial charge in [-0.2, -0.15) is 0 Å². The summed E-state index contributed by atoms with van der Waals surface area (Å²) in [5.41, 5.74) is 1.00. The predicted molar refractivity (Wildman–Crippen MR) is 115 cm³/mol. The van der Waals surface area contributed by atoms with Crippen molar-refractivity contribution in [2.45, 2.75) is 39.8 Å². The summed E-state index contributed by atoms with van der Waals surface area (Å²) < 4.78 is 11.3. The van der Waals surface area contributed by atoms with Crippen molar-refractivity contribution >= 4 is 5.96 Å². The zero-order valence-electron chi connectivity index (χ0n) is 17.8. The third-order valence-electron chi connectivity index (χ3n) is 5.02. The van der Waals surface area contributed by atoms with E-state index in [0.29, 0.717) is 6.54 Å². The lowest BCUT2D eigenvalue weighted by Gasteiger charge is -2.36. The summed E-state index contributed by atoms with van der Waals surface area (Å²) in [6, 6.07) is 12.0. The van der Waals surface area contributed by atoms with Gasteiger partial charge in [-0.3, -0.25) is 4.90 Å². The first kappa shape index (κ1) is 21.2. The first-order chi connectivity index (χ1) is 14.2. The molecule has 1 aromatic carbocycles. The number of benzene rings is 1. The summed E-state index contributed by atoms with van der Waals surface area (Å²) in [6.07, 6.45) is 0.991. The van der Waals surface area contributed by atoms with Crippen LogP contribution in [-0.4, -0.2) is 66.3 Å². The molecule has 29 heavy (non-hydrogen) atoms. The lowest BCUT2D eigenvalue weighted by Crippen LogP contribution is -2.52.